The van der Waals surface area contributed by atoms with Crippen LogP contribution in [0.5, 0.6) is 0 Å². The number of anilines is 2. The van der Waals surface area contributed by atoms with Gasteiger partial charge in [0, 0.05) is 38.3 Å². The number of aromatic nitrogens is 4. The smallest absolute Gasteiger partial charge is 0.223 e. The largest absolute Gasteiger partial charge is 0.399 e. The van der Waals surface area contributed by atoms with Crippen molar-refractivity contribution in [3.05, 3.63) is 48.3 Å². The van der Waals surface area contributed by atoms with Gasteiger partial charge in [-0.25, -0.2) is 0 Å². The van der Waals surface area contributed by atoms with Gasteiger partial charge in [-0.1, -0.05) is 18.2 Å². The second-order valence-corrected chi connectivity index (χ2v) is 6.39. The lowest BCUT2D eigenvalue weighted by Crippen LogP contribution is -2.49. The van der Waals surface area contributed by atoms with Crippen molar-refractivity contribution in [3.63, 3.8) is 0 Å². The number of hydrogen-bond donors (Lipinski definition) is 1. The van der Waals surface area contributed by atoms with E-state index in [9.17, 15) is 4.79 Å². The number of aryl methyl sites for hydroxylation is 1. The van der Waals surface area contributed by atoms with Crippen LogP contribution in [0.15, 0.2) is 42.7 Å². The second-order valence-electron chi connectivity index (χ2n) is 6.39. The van der Waals surface area contributed by atoms with E-state index in [4.69, 9.17) is 5.73 Å². The zero-order valence-corrected chi connectivity index (χ0v) is 16.9. The summed E-state index contributed by atoms with van der Waals surface area (Å²) in [5.41, 5.74) is 8.46. The van der Waals surface area contributed by atoms with E-state index in [1.807, 2.05) is 41.3 Å². The van der Waals surface area contributed by atoms with Gasteiger partial charge in [0.15, 0.2) is 5.65 Å². The maximum Gasteiger partial charge on any atom is 0.223 e. The van der Waals surface area contributed by atoms with E-state index in [0.29, 0.717) is 25.9 Å². The van der Waals surface area contributed by atoms with Crippen LogP contribution in [0.1, 0.15) is 12.0 Å². The molecule has 10 heteroatoms. The monoisotopic (exact) mass is 423 g/mol. The summed E-state index contributed by atoms with van der Waals surface area (Å²) in [7, 11) is 0. The first-order valence-corrected chi connectivity index (χ1v) is 8.74. The summed E-state index contributed by atoms with van der Waals surface area (Å²) < 4.78 is 1.66. The molecule has 2 N–H and O–H groups in total. The van der Waals surface area contributed by atoms with Crippen molar-refractivity contribution in [2.24, 2.45) is 0 Å². The first-order valence-electron chi connectivity index (χ1n) is 8.74. The molecule has 0 radical (unpaired) electrons. The molecule has 0 saturated carbocycles. The summed E-state index contributed by atoms with van der Waals surface area (Å²) in [5.74, 6) is 1.05. The van der Waals surface area contributed by atoms with Crippen LogP contribution in [0.3, 0.4) is 0 Å². The molecule has 2 aromatic heterocycles. The van der Waals surface area contributed by atoms with Crippen molar-refractivity contribution in [1.29, 1.82) is 0 Å². The van der Waals surface area contributed by atoms with Crippen molar-refractivity contribution in [1.82, 2.24) is 24.7 Å². The Kier molecular flexibility index (Phi) is 7.42. The van der Waals surface area contributed by atoms with Gasteiger partial charge in [-0.15, -0.1) is 40.1 Å². The summed E-state index contributed by atoms with van der Waals surface area (Å²) in [6.45, 7) is 2.93. The summed E-state index contributed by atoms with van der Waals surface area (Å²) in [6, 6.07) is 11.6. The Morgan fingerprint density at radius 3 is 2.54 bits per heavy atom. The van der Waals surface area contributed by atoms with Gasteiger partial charge in [0.1, 0.15) is 12.1 Å². The normalized spacial score (nSPS) is 13.7. The molecular formula is C18H23Cl2N7O. The van der Waals surface area contributed by atoms with Crippen molar-refractivity contribution >= 4 is 47.9 Å². The van der Waals surface area contributed by atoms with Crippen molar-refractivity contribution in [3.8, 4) is 0 Å². The third kappa shape index (κ3) is 4.63. The van der Waals surface area contributed by atoms with E-state index in [2.05, 4.69) is 20.2 Å². The molecule has 1 aliphatic rings. The zero-order chi connectivity index (χ0) is 17.9. The first kappa shape index (κ1) is 21.7. The number of nitrogen functional groups attached to an aromatic ring is 1. The van der Waals surface area contributed by atoms with Crippen LogP contribution in [-0.2, 0) is 11.2 Å². The van der Waals surface area contributed by atoms with Crippen LogP contribution >= 0.6 is 24.8 Å². The van der Waals surface area contributed by atoms with Gasteiger partial charge in [-0.3, -0.25) is 4.79 Å². The Morgan fingerprint density at radius 2 is 1.79 bits per heavy atom. The highest BCUT2D eigenvalue weighted by atomic mass is 35.5. The lowest BCUT2D eigenvalue weighted by atomic mass is 10.1. The number of nitrogens with zero attached hydrogens (tertiary/aromatic N) is 6. The molecule has 4 rings (SSSR count). The van der Waals surface area contributed by atoms with E-state index >= 15 is 0 Å². The fourth-order valence-corrected chi connectivity index (χ4v) is 3.23. The average Bonchev–Trinajstić information content (AvgIpc) is 3.15. The Labute approximate surface area is 175 Å². The summed E-state index contributed by atoms with van der Waals surface area (Å²) >= 11 is 0. The van der Waals surface area contributed by atoms with E-state index in [1.165, 1.54) is 0 Å². The maximum atomic E-state index is 12.5. The minimum atomic E-state index is 0. The molecule has 1 fully saturated rings. The second kappa shape index (κ2) is 9.57. The average molecular weight is 424 g/mol. The fraction of sp³-hybridized carbons (Fsp3) is 0.333. The SMILES string of the molecule is Cl.Cl.Nc1ccccc1CCC(=O)N1CCN(c2ccc3nncn3n2)CC1. The molecule has 1 saturated heterocycles. The molecule has 0 aliphatic carbocycles. The van der Waals surface area contributed by atoms with E-state index in [-0.39, 0.29) is 30.7 Å². The molecule has 1 amide bonds. The third-order valence-electron chi connectivity index (χ3n) is 4.77. The Morgan fingerprint density at radius 1 is 1.04 bits per heavy atom. The van der Waals surface area contributed by atoms with Crippen molar-refractivity contribution in [2.45, 2.75) is 12.8 Å². The van der Waals surface area contributed by atoms with E-state index < -0.39 is 0 Å². The van der Waals surface area contributed by atoms with Gasteiger partial charge in [-0.05, 0) is 30.2 Å². The fourth-order valence-electron chi connectivity index (χ4n) is 3.23. The third-order valence-corrected chi connectivity index (χ3v) is 4.77. The standard InChI is InChI=1S/C18H21N7O.2ClH/c19-15-4-2-1-3-14(15)5-8-18(26)24-11-9-23(10-12-24)17-7-6-16-21-20-13-25(16)22-17;;/h1-4,6-7,13H,5,8-12,19H2;2*1H. The van der Waals surface area contributed by atoms with Crippen molar-refractivity contribution < 1.29 is 4.79 Å². The van der Waals surface area contributed by atoms with Gasteiger partial charge in [0.2, 0.25) is 5.91 Å². The van der Waals surface area contributed by atoms with E-state index in [1.54, 1.807) is 10.8 Å². The molecule has 3 aromatic rings. The molecule has 1 aliphatic heterocycles. The van der Waals surface area contributed by atoms with Crippen LogP contribution in [0.2, 0.25) is 0 Å². The van der Waals surface area contributed by atoms with Crippen LogP contribution in [0, 0.1) is 0 Å². The highest BCUT2D eigenvalue weighted by Crippen LogP contribution is 2.16. The summed E-state index contributed by atoms with van der Waals surface area (Å²) in [6.07, 6.45) is 2.75. The number of hydrogen-bond acceptors (Lipinski definition) is 6. The van der Waals surface area contributed by atoms with Crippen LogP contribution in [0.4, 0.5) is 11.5 Å². The van der Waals surface area contributed by atoms with Gasteiger partial charge in [0.25, 0.3) is 0 Å². The van der Waals surface area contributed by atoms with Crippen LogP contribution < -0.4 is 10.6 Å². The number of carbonyl (C=O) groups is 1. The predicted molar refractivity (Wildman–Crippen MR) is 113 cm³/mol. The van der Waals surface area contributed by atoms with Crippen LogP contribution in [-0.4, -0.2) is 56.8 Å². The van der Waals surface area contributed by atoms with Gasteiger partial charge < -0.3 is 15.5 Å². The minimum Gasteiger partial charge on any atom is -0.399 e. The van der Waals surface area contributed by atoms with E-state index in [0.717, 1.165) is 35.8 Å². The highest BCUT2D eigenvalue weighted by molar-refractivity contribution is 5.85. The molecule has 0 spiro atoms. The number of rotatable bonds is 4. The number of halogens is 2. The molecule has 0 unspecified atom stereocenters. The highest BCUT2D eigenvalue weighted by Gasteiger charge is 2.22. The number of nitrogens with two attached hydrogens (primary N) is 1. The Hall–Kier alpha value is -2.58. The van der Waals surface area contributed by atoms with Gasteiger partial charge in [-0.2, -0.15) is 4.52 Å². The molecule has 0 atom stereocenters. The Bertz CT molecular complexity index is 925. The molecule has 0 bridgehead atoms. The molecule has 150 valence electrons. The maximum absolute atomic E-state index is 12.5. The summed E-state index contributed by atoms with van der Waals surface area (Å²) in [5, 5.41) is 12.3. The lowest BCUT2D eigenvalue weighted by molar-refractivity contribution is -0.131. The number of para-hydroxylation sites is 1. The number of piperazine rings is 1. The quantitative estimate of drug-likeness (QED) is 0.643. The minimum absolute atomic E-state index is 0. The number of fused-ring (bicyclic) bond motifs is 1. The zero-order valence-electron chi connectivity index (χ0n) is 15.3. The summed E-state index contributed by atoms with van der Waals surface area (Å²) in [4.78, 5) is 16.6. The van der Waals surface area contributed by atoms with Gasteiger partial charge in [0.05, 0.1) is 0 Å². The molecule has 8 nitrogen and oxygen atoms in total. The topological polar surface area (TPSA) is 92.7 Å². The molecular weight excluding hydrogens is 401 g/mol. The van der Waals surface area contributed by atoms with Crippen molar-refractivity contribution in [2.75, 3.05) is 36.8 Å². The lowest BCUT2D eigenvalue weighted by Gasteiger charge is -2.35. The first-order chi connectivity index (χ1) is 12.7. The number of carbonyl (C=O) groups excluding carboxylic acids is 1. The predicted octanol–water partition coefficient (Wildman–Crippen LogP) is 1.83. The molecule has 3 heterocycles. The van der Waals surface area contributed by atoms with Crippen LogP contribution in [0.25, 0.3) is 5.65 Å². The number of amides is 1. The Balaban J connectivity index is 0.00000140. The molecule has 28 heavy (non-hydrogen) atoms. The van der Waals surface area contributed by atoms with Gasteiger partial charge >= 0.3 is 0 Å². The molecule has 1 aromatic carbocycles. The number of benzene rings is 1.